The smallest absolute Gasteiger partial charge is 0.225 e. The Bertz CT molecular complexity index is 763. The van der Waals surface area contributed by atoms with Crippen molar-refractivity contribution in [1.82, 2.24) is 5.32 Å². The van der Waals surface area contributed by atoms with Gasteiger partial charge in [-0.3, -0.25) is 4.79 Å². The minimum atomic E-state index is -0.0906. The first kappa shape index (κ1) is 16.5. The van der Waals surface area contributed by atoms with E-state index in [0.717, 1.165) is 22.4 Å². The predicted octanol–water partition coefficient (Wildman–Crippen LogP) is 4.76. The third-order valence-corrected chi connectivity index (χ3v) is 5.00. The van der Waals surface area contributed by atoms with E-state index in [1.54, 1.807) is 11.3 Å². The first-order valence-corrected chi connectivity index (χ1v) is 9.09. The zero-order chi connectivity index (χ0) is 16.8. The van der Waals surface area contributed by atoms with E-state index in [9.17, 15) is 4.79 Å². The van der Waals surface area contributed by atoms with E-state index in [1.165, 1.54) is 5.56 Å². The van der Waals surface area contributed by atoms with Crippen molar-refractivity contribution >= 4 is 17.2 Å². The average molecular weight is 335 g/mol. The summed E-state index contributed by atoms with van der Waals surface area (Å²) in [6, 6.07) is 22.4. The molecule has 0 unspecified atom stereocenters. The van der Waals surface area contributed by atoms with Crippen LogP contribution in [-0.2, 0) is 17.6 Å². The van der Waals surface area contributed by atoms with Gasteiger partial charge in [-0.15, -0.1) is 11.3 Å². The Hall–Kier alpha value is -2.39. The molecule has 3 aromatic rings. The van der Waals surface area contributed by atoms with Crippen molar-refractivity contribution in [3.05, 3.63) is 93.7 Å². The standard InChI is InChI=1S/C21H21NOS/c1-2-16-10-12-18(13-11-16)21(19-9-6-14-24-19)22-20(23)15-17-7-4-3-5-8-17/h3-14,21H,2,15H2,1H3,(H,22,23)/t21-/m1/s1. The Morgan fingerprint density at radius 3 is 2.33 bits per heavy atom. The first-order valence-electron chi connectivity index (χ1n) is 8.22. The van der Waals surface area contributed by atoms with E-state index in [4.69, 9.17) is 0 Å². The van der Waals surface area contributed by atoms with Crippen molar-refractivity contribution in [2.45, 2.75) is 25.8 Å². The summed E-state index contributed by atoms with van der Waals surface area (Å²) in [6.07, 6.45) is 1.42. The summed E-state index contributed by atoms with van der Waals surface area (Å²) in [5.74, 6) is 0.0409. The highest BCUT2D eigenvalue weighted by molar-refractivity contribution is 7.10. The summed E-state index contributed by atoms with van der Waals surface area (Å²) in [5, 5.41) is 5.24. The number of hydrogen-bond acceptors (Lipinski definition) is 2. The fraction of sp³-hybridized carbons (Fsp3) is 0.190. The third-order valence-electron chi connectivity index (χ3n) is 4.06. The highest BCUT2D eigenvalue weighted by Gasteiger charge is 2.18. The lowest BCUT2D eigenvalue weighted by Crippen LogP contribution is -2.30. The molecule has 1 atom stereocenters. The zero-order valence-electron chi connectivity index (χ0n) is 13.7. The molecule has 0 radical (unpaired) electrons. The quantitative estimate of drug-likeness (QED) is 0.691. The lowest BCUT2D eigenvalue weighted by Gasteiger charge is -2.18. The van der Waals surface area contributed by atoms with Gasteiger partial charge in [-0.2, -0.15) is 0 Å². The van der Waals surface area contributed by atoms with Gasteiger partial charge >= 0.3 is 0 Å². The van der Waals surface area contributed by atoms with Gasteiger partial charge in [0, 0.05) is 4.88 Å². The van der Waals surface area contributed by atoms with E-state index in [0.29, 0.717) is 6.42 Å². The predicted molar refractivity (Wildman–Crippen MR) is 100 cm³/mol. The number of carbonyl (C=O) groups excluding carboxylic acids is 1. The van der Waals surface area contributed by atoms with Crippen molar-refractivity contribution in [3.8, 4) is 0 Å². The topological polar surface area (TPSA) is 29.1 Å². The second-order valence-corrected chi connectivity index (χ2v) is 6.75. The molecule has 2 nitrogen and oxygen atoms in total. The molecule has 0 aliphatic heterocycles. The number of rotatable bonds is 6. The number of thiophene rings is 1. The van der Waals surface area contributed by atoms with Crippen LogP contribution >= 0.6 is 11.3 Å². The maximum Gasteiger partial charge on any atom is 0.225 e. The maximum absolute atomic E-state index is 12.5. The summed E-state index contributed by atoms with van der Waals surface area (Å²) in [4.78, 5) is 13.7. The molecule has 3 rings (SSSR count). The van der Waals surface area contributed by atoms with Gasteiger partial charge in [0.15, 0.2) is 0 Å². The molecule has 0 fully saturated rings. The second-order valence-electron chi connectivity index (χ2n) is 5.77. The van der Waals surface area contributed by atoms with E-state index in [2.05, 4.69) is 42.6 Å². The summed E-state index contributed by atoms with van der Waals surface area (Å²) in [5.41, 5.74) is 3.46. The van der Waals surface area contributed by atoms with Crippen LogP contribution in [0.15, 0.2) is 72.1 Å². The first-order chi connectivity index (χ1) is 11.8. The molecular weight excluding hydrogens is 314 g/mol. The van der Waals surface area contributed by atoms with Crippen LogP contribution in [0, 0.1) is 0 Å². The van der Waals surface area contributed by atoms with Crippen LogP contribution in [0.5, 0.6) is 0 Å². The molecule has 0 aliphatic carbocycles. The molecule has 1 amide bonds. The molecule has 1 heterocycles. The Kier molecular flexibility index (Phi) is 5.44. The fourth-order valence-electron chi connectivity index (χ4n) is 2.71. The van der Waals surface area contributed by atoms with Gasteiger partial charge in [-0.05, 0) is 34.6 Å². The number of aryl methyl sites for hydroxylation is 1. The SMILES string of the molecule is CCc1ccc([C@@H](NC(=O)Cc2ccccc2)c2cccs2)cc1. The van der Waals surface area contributed by atoms with Crippen molar-refractivity contribution in [2.75, 3.05) is 0 Å². The Morgan fingerprint density at radius 1 is 0.958 bits per heavy atom. The van der Waals surface area contributed by atoms with Gasteiger partial charge in [0.05, 0.1) is 12.5 Å². The molecule has 0 spiro atoms. The Morgan fingerprint density at radius 2 is 1.71 bits per heavy atom. The van der Waals surface area contributed by atoms with Crippen LogP contribution in [-0.4, -0.2) is 5.91 Å². The van der Waals surface area contributed by atoms with Gasteiger partial charge < -0.3 is 5.32 Å². The van der Waals surface area contributed by atoms with Crippen molar-refractivity contribution in [3.63, 3.8) is 0 Å². The number of hydrogen-bond donors (Lipinski definition) is 1. The molecule has 0 aliphatic rings. The van der Waals surface area contributed by atoms with E-state index in [-0.39, 0.29) is 11.9 Å². The molecule has 24 heavy (non-hydrogen) atoms. The van der Waals surface area contributed by atoms with Crippen molar-refractivity contribution < 1.29 is 4.79 Å². The number of benzene rings is 2. The second kappa shape index (κ2) is 7.93. The molecular formula is C21H21NOS. The molecule has 3 heteroatoms. The highest BCUT2D eigenvalue weighted by atomic mass is 32.1. The van der Waals surface area contributed by atoms with Crippen LogP contribution in [0.4, 0.5) is 0 Å². The Balaban J connectivity index is 1.79. The van der Waals surface area contributed by atoms with E-state index >= 15 is 0 Å². The van der Waals surface area contributed by atoms with Crippen LogP contribution < -0.4 is 5.32 Å². The maximum atomic E-state index is 12.5. The van der Waals surface area contributed by atoms with Gasteiger partial charge in [0.2, 0.25) is 5.91 Å². The normalized spacial score (nSPS) is 11.9. The summed E-state index contributed by atoms with van der Waals surface area (Å²) in [7, 11) is 0. The van der Waals surface area contributed by atoms with Crippen molar-refractivity contribution in [1.29, 1.82) is 0 Å². The summed E-state index contributed by atoms with van der Waals surface area (Å²) >= 11 is 1.67. The molecule has 1 aromatic heterocycles. The minimum absolute atomic E-state index is 0.0409. The lowest BCUT2D eigenvalue weighted by molar-refractivity contribution is -0.120. The molecule has 1 N–H and O–H groups in total. The number of amides is 1. The van der Waals surface area contributed by atoms with E-state index < -0.39 is 0 Å². The molecule has 0 saturated carbocycles. The van der Waals surface area contributed by atoms with Gasteiger partial charge in [0.1, 0.15) is 0 Å². The van der Waals surface area contributed by atoms with Crippen LogP contribution in [0.25, 0.3) is 0 Å². The minimum Gasteiger partial charge on any atom is -0.344 e. The van der Waals surface area contributed by atoms with Crippen LogP contribution in [0.2, 0.25) is 0 Å². The largest absolute Gasteiger partial charge is 0.344 e. The summed E-state index contributed by atoms with van der Waals surface area (Å²) in [6.45, 7) is 2.15. The van der Waals surface area contributed by atoms with Gasteiger partial charge in [-0.25, -0.2) is 0 Å². The lowest BCUT2D eigenvalue weighted by atomic mass is 10.0. The molecule has 0 bridgehead atoms. The highest BCUT2D eigenvalue weighted by Crippen LogP contribution is 2.26. The molecule has 0 saturated heterocycles. The monoisotopic (exact) mass is 335 g/mol. The molecule has 122 valence electrons. The van der Waals surface area contributed by atoms with Crippen LogP contribution in [0.3, 0.4) is 0 Å². The number of carbonyl (C=O) groups is 1. The van der Waals surface area contributed by atoms with Gasteiger partial charge in [0.25, 0.3) is 0 Å². The Labute approximate surface area is 147 Å². The number of nitrogens with one attached hydrogen (secondary N) is 1. The molecule has 2 aromatic carbocycles. The average Bonchev–Trinajstić information content (AvgIpc) is 3.15. The zero-order valence-corrected chi connectivity index (χ0v) is 14.6. The van der Waals surface area contributed by atoms with Crippen molar-refractivity contribution in [2.24, 2.45) is 0 Å². The third kappa shape index (κ3) is 4.12. The fourth-order valence-corrected chi connectivity index (χ4v) is 3.52. The van der Waals surface area contributed by atoms with Crippen LogP contribution in [0.1, 0.15) is 34.5 Å². The summed E-state index contributed by atoms with van der Waals surface area (Å²) < 4.78 is 0. The van der Waals surface area contributed by atoms with E-state index in [1.807, 2.05) is 41.8 Å². The van der Waals surface area contributed by atoms with Gasteiger partial charge in [-0.1, -0.05) is 67.6 Å².